The van der Waals surface area contributed by atoms with E-state index in [1.165, 1.54) is 0 Å². The molecule has 3 heteroatoms. The highest BCUT2D eigenvalue weighted by atomic mass is 16.4. The van der Waals surface area contributed by atoms with Crippen molar-refractivity contribution >= 4 is 11.5 Å². The second-order valence-corrected chi connectivity index (χ2v) is 10.5. The smallest absolute Gasteiger partial charge is 0.335 e. The van der Waals surface area contributed by atoms with Gasteiger partial charge in [-0.3, -0.25) is 0 Å². The lowest BCUT2D eigenvalue weighted by Gasteiger charge is -2.25. The summed E-state index contributed by atoms with van der Waals surface area (Å²) in [7, 11) is 0. The molecule has 0 fully saturated rings. The summed E-state index contributed by atoms with van der Waals surface area (Å²) in [6.45, 7) is 18.4. The number of hydrogen-bond acceptors (Lipinski definition) is 2. The molecule has 0 aliphatic carbocycles. The monoisotopic (exact) mass is 408 g/mol. The van der Waals surface area contributed by atoms with E-state index in [4.69, 9.17) is 0 Å². The molecule has 0 heterocycles. The second kappa shape index (κ2) is 8.29. The van der Waals surface area contributed by atoms with E-state index >= 15 is 0 Å². The number of aliphatic carboxylic acids is 1. The average molecular weight is 409 g/mol. The van der Waals surface area contributed by atoms with Crippen LogP contribution in [0.2, 0.25) is 0 Å². The van der Waals surface area contributed by atoms with Gasteiger partial charge >= 0.3 is 5.97 Å². The number of carbonyl (C=O) groups is 1. The van der Waals surface area contributed by atoms with E-state index < -0.39 is 5.97 Å². The summed E-state index contributed by atoms with van der Waals surface area (Å²) >= 11 is 0. The first-order chi connectivity index (χ1) is 13.6. The van der Waals surface area contributed by atoms with Crippen LogP contribution >= 0.6 is 0 Å². The molecule has 2 rings (SSSR count). The second-order valence-electron chi connectivity index (χ2n) is 10.5. The summed E-state index contributed by atoms with van der Waals surface area (Å²) in [6, 6.07) is 9.88. The minimum Gasteiger partial charge on any atom is -0.507 e. The zero-order valence-corrected chi connectivity index (χ0v) is 19.8. The molecule has 0 saturated heterocycles. The molecule has 2 aromatic carbocycles. The predicted octanol–water partition coefficient (Wildman–Crippen LogP) is 6.88. The van der Waals surface area contributed by atoms with Gasteiger partial charge in [-0.05, 0) is 41.4 Å². The number of phenols is 1. The van der Waals surface area contributed by atoms with Crippen molar-refractivity contribution in [1.82, 2.24) is 0 Å². The first-order valence-corrected chi connectivity index (χ1v) is 10.5. The van der Waals surface area contributed by atoms with E-state index in [1.807, 2.05) is 45.0 Å². The largest absolute Gasteiger partial charge is 0.507 e. The average Bonchev–Trinajstić information content (AvgIpc) is 2.59. The van der Waals surface area contributed by atoms with Gasteiger partial charge in [-0.1, -0.05) is 96.0 Å². The van der Waals surface area contributed by atoms with Crippen molar-refractivity contribution < 1.29 is 15.0 Å². The molecule has 1 unspecified atom stereocenters. The Balaban J connectivity index is 2.69. The van der Waals surface area contributed by atoms with Crippen molar-refractivity contribution in [2.24, 2.45) is 0 Å². The van der Waals surface area contributed by atoms with Gasteiger partial charge in [0.15, 0.2) is 0 Å². The lowest BCUT2D eigenvalue weighted by molar-refractivity contribution is -0.130. The Morgan fingerprint density at radius 2 is 1.43 bits per heavy atom. The fraction of sp³-hybridized carbons (Fsp3) is 0.444. The van der Waals surface area contributed by atoms with E-state index in [0.29, 0.717) is 0 Å². The zero-order valence-electron chi connectivity index (χ0n) is 19.8. The van der Waals surface area contributed by atoms with Crippen LogP contribution in [-0.4, -0.2) is 16.2 Å². The minimum atomic E-state index is -0.959. The maximum Gasteiger partial charge on any atom is 0.335 e. The van der Waals surface area contributed by atoms with Gasteiger partial charge in [0.25, 0.3) is 0 Å². The summed E-state index contributed by atoms with van der Waals surface area (Å²) in [5.41, 5.74) is 5.39. The van der Waals surface area contributed by atoms with Crippen LogP contribution in [0, 0.1) is 13.8 Å². The third-order valence-corrected chi connectivity index (χ3v) is 5.50. The van der Waals surface area contributed by atoms with Crippen LogP contribution in [0.25, 0.3) is 5.57 Å². The highest BCUT2D eigenvalue weighted by molar-refractivity contribution is 6.16. The van der Waals surface area contributed by atoms with Crippen LogP contribution in [0.4, 0.5) is 0 Å². The van der Waals surface area contributed by atoms with Crippen molar-refractivity contribution in [3.63, 3.8) is 0 Å². The molecule has 0 amide bonds. The molecular weight excluding hydrogens is 372 g/mol. The summed E-state index contributed by atoms with van der Waals surface area (Å²) < 4.78 is 0. The molecule has 2 N–H and O–H groups in total. The molecule has 2 aromatic rings. The van der Waals surface area contributed by atoms with Gasteiger partial charge in [-0.25, -0.2) is 4.79 Å². The Hall–Kier alpha value is -2.55. The molecule has 0 aliphatic heterocycles. The Morgan fingerprint density at radius 1 is 0.900 bits per heavy atom. The van der Waals surface area contributed by atoms with Crippen LogP contribution in [0.15, 0.2) is 36.4 Å². The fourth-order valence-corrected chi connectivity index (χ4v) is 3.86. The maximum atomic E-state index is 12.3. The van der Waals surface area contributed by atoms with Crippen molar-refractivity contribution in [3.8, 4) is 5.75 Å². The number of allylic oxidation sites excluding steroid dienone is 1. The molecule has 0 aromatic heterocycles. The van der Waals surface area contributed by atoms with Crippen molar-refractivity contribution in [1.29, 1.82) is 0 Å². The molecule has 162 valence electrons. The van der Waals surface area contributed by atoms with E-state index in [1.54, 1.807) is 6.08 Å². The third kappa shape index (κ3) is 5.13. The molecule has 30 heavy (non-hydrogen) atoms. The van der Waals surface area contributed by atoms with Gasteiger partial charge in [0.05, 0.1) is 5.57 Å². The van der Waals surface area contributed by atoms with Crippen LogP contribution in [0.3, 0.4) is 0 Å². The summed E-state index contributed by atoms with van der Waals surface area (Å²) in [6.07, 6.45) is 1.77. The van der Waals surface area contributed by atoms with E-state index in [9.17, 15) is 15.0 Å². The molecule has 0 spiro atoms. The minimum absolute atomic E-state index is 0.190. The van der Waals surface area contributed by atoms with Crippen LogP contribution in [0.5, 0.6) is 5.75 Å². The number of phenolic OH excluding ortho intramolecular Hbond substituents is 1. The Kier molecular flexibility index (Phi) is 6.56. The van der Waals surface area contributed by atoms with Gasteiger partial charge in [-0.2, -0.15) is 0 Å². The Bertz CT molecular complexity index is 982. The van der Waals surface area contributed by atoms with Crippen molar-refractivity contribution in [2.45, 2.75) is 79.1 Å². The number of benzene rings is 2. The summed E-state index contributed by atoms with van der Waals surface area (Å²) in [5, 5.41) is 21.0. The van der Waals surface area contributed by atoms with Crippen LogP contribution < -0.4 is 0 Å². The van der Waals surface area contributed by atoms with Crippen molar-refractivity contribution in [3.05, 3.63) is 69.8 Å². The Labute approximate surface area is 181 Å². The number of rotatable bonds is 4. The number of hydrogen-bond donors (Lipinski definition) is 2. The highest BCUT2D eigenvalue weighted by Gasteiger charge is 2.26. The quantitative estimate of drug-likeness (QED) is 0.542. The van der Waals surface area contributed by atoms with Crippen LogP contribution in [0.1, 0.15) is 87.8 Å². The SMILES string of the molecule is Cc1ccc(C(=CC(C)c2cc(C)cc(C(C)(C)C)c2O)C(=O)O)c(C(C)(C)C)c1. The fourth-order valence-electron chi connectivity index (χ4n) is 3.86. The Morgan fingerprint density at radius 3 is 1.93 bits per heavy atom. The van der Waals surface area contributed by atoms with Gasteiger partial charge < -0.3 is 10.2 Å². The van der Waals surface area contributed by atoms with Crippen LogP contribution in [-0.2, 0) is 15.6 Å². The highest BCUT2D eigenvalue weighted by Crippen LogP contribution is 2.39. The first kappa shape index (κ1) is 23.7. The van der Waals surface area contributed by atoms with Crippen molar-refractivity contribution in [2.75, 3.05) is 0 Å². The number of carboxylic acids is 1. The van der Waals surface area contributed by atoms with E-state index in [0.717, 1.165) is 33.4 Å². The lowest BCUT2D eigenvalue weighted by atomic mass is 9.79. The maximum absolute atomic E-state index is 12.3. The molecule has 0 bridgehead atoms. The predicted molar refractivity (Wildman–Crippen MR) is 125 cm³/mol. The number of carboxylic acid groups (broad SMARTS) is 1. The summed E-state index contributed by atoms with van der Waals surface area (Å²) in [5.74, 6) is -0.966. The van der Waals surface area contributed by atoms with Gasteiger partial charge in [0, 0.05) is 11.5 Å². The summed E-state index contributed by atoms with van der Waals surface area (Å²) in [4.78, 5) is 12.3. The van der Waals surface area contributed by atoms with Gasteiger partial charge in [0.2, 0.25) is 0 Å². The molecule has 3 nitrogen and oxygen atoms in total. The molecule has 0 radical (unpaired) electrons. The zero-order chi connectivity index (χ0) is 23.0. The van der Waals surface area contributed by atoms with E-state index in [-0.39, 0.29) is 28.1 Å². The van der Waals surface area contributed by atoms with Gasteiger partial charge in [-0.15, -0.1) is 0 Å². The standard InChI is InChI=1S/C27H36O3/c1-16-10-11-19(22(13-16)26(4,5)6)21(25(29)30)15-18(3)20-12-17(2)14-23(24(20)28)27(7,8)9/h10-15,18,28H,1-9H3,(H,29,30). The normalized spacial score (nSPS) is 14.0. The topological polar surface area (TPSA) is 57.5 Å². The third-order valence-electron chi connectivity index (χ3n) is 5.50. The molecular formula is C27H36O3. The van der Waals surface area contributed by atoms with Gasteiger partial charge in [0.1, 0.15) is 5.75 Å². The lowest BCUT2D eigenvalue weighted by Crippen LogP contribution is -2.16. The van der Waals surface area contributed by atoms with E-state index in [2.05, 4.69) is 47.6 Å². The first-order valence-electron chi connectivity index (χ1n) is 10.5. The number of aromatic hydroxyl groups is 1. The number of aryl methyl sites for hydroxylation is 2. The molecule has 0 saturated carbocycles. The molecule has 0 aliphatic rings. The molecule has 1 atom stereocenters.